The summed E-state index contributed by atoms with van der Waals surface area (Å²) in [5, 5.41) is 0. The van der Waals surface area contributed by atoms with Gasteiger partial charge in [0.2, 0.25) is 6.79 Å². The van der Waals surface area contributed by atoms with Gasteiger partial charge in [-0.15, -0.1) is 0 Å². The van der Waals surface area contributed by atoms with E-state index in [1.54, 1.807) is 31.5 Å². The minimum absolute atomic E-state index is 0.244. The first-order chi connectivity index (χ1) is 12.6. The van der Waals surface area contributed by atoms with Crippen molar-refractivity contribution < 1.29 is 18.7 Å². The van der Waals surface area contributed by atoms with E-state index in [1.807, 2.05) is 24.3 Å². The first kappa shape index (κ1) is 16.5. The highest BCUT2D eigenvalue weighted by molar-refractivity contribution is 6.09. The Morgan fingerprint density at radius 2 is 1.88 bits per heavy atom. The van der Waals surface area contributed by atoms with Gasteiger partial charge in [-0.2, -0.15) is 0 Å². The lowest BCUT2D eigenvalue weighted by molar-refractivity contribution is -0.118. The maximum atomic E-state index is 14.6. The molecule has 1 aliphatic carbocycles. The summed E-state index contributed by atoms with van der Waals surface area (Å²) in [6, 6.07) is 9.28. The molecule has 2 aliphatic rings. The Balaban J connectivity index is 1.58. The van der Waals surface area contributed by atoms with Crippen LogP contribution in [-0.2, 0) is 11.2 Å². The molecule has 1 aromatic carbocycles. The van der Waals surface area contributed by atoms with Crippen molar-refractivity contribution in [2.75, 3.05) is 6.79 Å². The van der Waals surface area contributed by atoms with Crippen LogP contribution in [0.1, 0.15) is 24.5 Å². The van der Waals surface area contributed by atoms with Crippen molar-refractivity contribution in [3.63, 3.8) is 0 Å². The van der Waals surface area contributed by atoms with Gasteiger partial charge >= 0.3 is 0 Å². The number of Topliss-reactive ketones (excluding diaryl/α,β-unsaturated/α-hetero) is 1. The van der Waals surface area contributed by atoms with Gasteiger partial charge in [0.05, 0.1) is 0 Å². The zero-order valence-corrected chi connectivity index (χ0v) is 14.4. The number of pyridine rings is 1. The summed E-state index contributed by atoms with van der Waals surface area (Å²) in [5.74, 6) is 1.03. The normalized spacial score (nSPS) is 18.9. The van der Waals surface area contributed by atoms with Crippen LogP contribution in [0.5, 0.6) is 11.5 Å². The third kappa shape index (κ3) is 3.01. The Kier molecular flexibility index (Phi) is 4.29. The van der Waals surface area contributed by atoms with E-state index in [-0.39, 0.29) is 6.79 Å². The summed E-state index contributed by atoms with van der Waals surface area (Å²) in [7, 11) is 0. The highest BCUT2D eigenvalue weighted by Gasteiger charge is 2.30. The fourth-order valence-electron chi connectivity index (χ4n) is 3.27. The predicted octanol–water partition coefficient (Wildman–Crippen LogP) is 4.06. The van der Waals surface area contributed by atoms with E-state index in [0.29, 0.717) is 23.1 Å². The zero-order chi connectivity index (χ0) is 18.1. The molecule has 5 heteroatoms. The number of hydrogen-bond donors (Lipinski definition) is 0. The number of nitrogens with zero attached hydrogens (tertiary/aromatic N) is 1. The van der Waals surface area contributed by atoms with Crippen LogP contribution in [0, 0.1) is 0 Å². The number of allylic oxidation sites excluding steroid dienone is 4. The van der Waals surface area contributed by atoms with Gasteiger partial charge in [0, 0.05) is 18.0 Å². The highest BCUT2D eigenvalue weighted by atomic mass is 19.1. The molecule has 0 N–H and O–H groups in total. The lowest BCUT2D eigenvalue weighted by atomic mass is 9.85. The number of aromatic nitrogens is 1. The summed E-state index contributed by atoms with van der Waals surface area (Å²) in [6.45, 7) is 1.94. The van der Waals surface area contributed by atoms with Crippen LogP contribution in [-0.4, -0.2) is 23.7 Å². The van der Waals surface area contributed by atoms with Crippen LogP contribution >= 0.6 is 0 Å². The molecule has 1 atom stereocenters. The second-order valence-corrected chi connectivity index (χ2v) is 6.40. The van der Waals surface area contributed by atoms with E-state index < -0.39 is 12.0 Å². The van der Waals surface area contributed by atoms with Crippen molar-refractivity contribution >= 4 is 11.4 Å². The van der Waals surface area contributed by atoms with E-state index in [1.165, 1.54) is 0 Å². The summed E-state index contributed by atoms with van der Waals surface area (Å²) >= 11 is 0. The lowest BCUT2D eigenvalue weighted by Crippen LogP contribution is -2.23. The Hall–Kier alpha value is -2.95. The average Bonchev–Trinajstić information content (AvgIpc) is 3.14. The first-order valence-corrected chi connectivity index (χ1v) is 8.52. The van der Waals surface area contributed by atoms with Gasteiger partial charge in [-0.3, -0.25) is 9.78 Å². The van der Waals surface area contributed by atoms with Crippen molar-refractivity contribution in [3.05, 3.63) is 71.1 Å². The van der Waals surface area contributed by atoms with E-state index in [0.717, 1.165) is 29.1 Å². The van der Waals surface area contributed by atoms with Crippen LogP contribution in [0.15, 0.2) is 59.9 Å². The van der Waals surface area contributed by atoms with Gasteiger partial charge < -0.3 is 9.47 Å². The third-order valence-corrected chi connectivity index (χ3v) is 4.82. The quantitative estimate of drug-likeness (QED) is 0.833. The van der Waals surface area contributed by atoms with Crippen LogP contribution in [0.25, 0.3) is 5.57 Å². The van der Waals surface area contributed by atoms with Crippen molar-refractivity contribution in [2.45, 2.75) is 25.9 Å². The van der Waals surface area contributed by atoms with Crippen LogP contribution in [0.3, 0.4) is 0 Å². The van der Waals surface area contributed by atoms with E-state index in [9.17, 15) is 9.18 Å². The molecule has 0 fully saturated rings. The molecule has 0 radical (unpaired) electrons. The fraction of sp³-hybridized carbons (Fsp3) is 0.238. The molecule has 4 rings (SSSR count). The van der Waals surface area contributed by atoms with E-state index >= 15 is 0 Å². The number of fused-ring (bicyclic) bond motifs is 1. The average molecular weight is 351 g/mol. The largest absolute Gasteiger partial charge is 0.454 e. The number of hydrogen-bond acceptors (Lipinski definition) is 4. The number of carbonyl (C=O) groups excluding carboxylic acids is 1. The standard InChI is InChI=1S/C21H18FNO3/c1-13-16(4-2-14-3-5-18-19(10-14)26-12-25-18)11-17(20(22)21(13)24)15-6-8-23-9-7-15/h3,5-11,20H,2,4,12H2,1H3. The molecule has 26 heavy (non-hydrogen) atoms. The Morgan fingerprint density at radius 3 is 2.69 bits per heavy atom. The van der Waals surface area contributed by atoms with Crippen LogP contribution in [0.2, 0.25) is 0 Å². The number of carbonyl (C=O) groups is 1. The molecule has 0 spiro atoms. The molecular formula is C21H18FNO3. The minimum Gasteiger partial charge on any atom is -0.454 e. The topological polar surface area (TPSA) is 48.4 Å². The zero-order valence-electron chi connectivity index (χ0n) is 14.4. The van der Waals surface area contributed by atoms with Crippen LogP contribution < -0.4 is 9.47 Å². The molecule has 0 saturated carbocycles. The summed E-state index contributed by atoms with van der Waals surface area (Å²) < 4.78 is 25.3. The van der Waals surface area contributed by atoms with E-state index in [2.05, 4.69) is 4.98 Å². The van der Waals surface area contributed by atoms with Crippen LogP contribution in [0.4, 0.5) is 4.39 Å². The SMILES string of the molecule is CC1=C(CCc2ccc3c(c2)OCO3)C=C(c2ccncc2)C(F)C1=O. The summed E-state index contributed by atoms with van der Waals surface area (Å²) in [6.07, 6.45) is 4.78. The fourth-order valence-corrected chi connectivity index (χ4v) is 3.27. The van der Waals surface area contributed by atoms with Gasteiger partial charge in [-0.25, -0.2) is 4.39 Å². The molecule has 1 aromatic heterocycles. The highest BCUT2D eigenvalue weighted by Crippen LogP contribution is 2.35. The predicted molar refractivity (Wildman–Crippen MR) is 95.7 cm³/mol. The van der Waals surface area contributed by atoms with Crippen molar-refractivity contribution in [2.24, 2.45) is 0 Å². The molecule has 1 aliphatic heterocycles. The van der Waals surface area contributed by atoms with E-state index in [4.69, 9.17) is 9.47 Å². The molecule has 0 saturated heterocycles. The van der Waals surface area contributed by atoms with Gasteiger partial charge in [0.1, 0.15) is 0 Å². The molecular weight excluding hydrogens is 333 g/mol. The maximum absolute atomic E-state index is 14.6. The number of benzene rings is 1. The molecule has 1 unspecified atom stereocenters. The number of alkyl halides is 1. The minimum atomic E-state index is -1.62. The molecule has 132 valence electrons. The van der Waals surface area contributed by atoms with Crippen molar-refractivity contribution in [1.29, 1.82) is 0 Å². The maximum Gasteiger partial charge on any atom is 0.231 e. The number of ketones is 1. The number of aryl methyl sites for hydroxylation is 1. The van der Waals surface area contributed by atoms with Gasteiger partial charge in [0.15, 0.2) is 23.5 Å². The van der Waals surface area contributed by atoms with Gasteiger partial charge in [-0.05, 0) is 66.3 Å². The molecule has 2 aromatic rings. The molecule has 0 bridgehead atoms. The third-order valence-electron chi connectivity index (χ3n) is 4.82. The molecule has 4 nitrogen and oxygen atoms in total. The molecule has 0 amide bonds. The second-order valence-electron chi connectivity index (χ2n) is 6.40. The summed E-state index contributed by atoms with van der Waals surface area (Å²) in [5.41, 5.74) is 3.55. The summed E-state index contributed by atoms with van der Waals surface area (Å²) in [4.78, 5) is 16.3. The lowest BCUT2D eigenvalue weighted by Gasteiger charge is -2.21. The van der Waals surface area contributed by atoms with Gasteiger partial charge in [-0.1, -0.05) is 12.1 Å². The second kappa shape index (κ2) is 6.75. The van der Waals surface area contributed by atoms with Crippen molar-refractivity contribution in [3.8, 4) is 11.5 Å². The number of ether oxygens (including phenoxy) is 2. The Bertz CT molecular complexity index is 918. The molecule has 2 heterocycles. The smallest absolute Gasteiger partial charge is 0.231 e. The number of halogens is 1. The Morgan fingerprint density at radius 1 is 1.12 bits per heavy atom. The monoisotopic (exact) mass is 351 g/mol. The Labute approximate surface area is 151 Å². The van der Waals surface area contributed by atoms with Gasteiger partial charge in [0.25, 0.3) is 0 Å². The first-order valence-electron chi connectivity index (χ1n) is 8.52. The van der Waals surface area contributed by atoms with Crippen molar-refractivity contribution in [1.82, 2.24) is 4.98 Å². The number of rotatable bonds is 4.